The summed E-state index contributed by atoms with van der Waals surface area (Å²) in [6.45, 7) is 1.78. The van der Waals surface area contributed by atoms with E-state index in [9.17, 15) is 13.6 Å². The van der Waals surface area contributed by atoms with Crippen LogP contribution in [0.5, 0.6) is 5.75 Å². The molecule has 4 heterocycles. The van der Waals surface area contributed by atoms with Crippen LogP contribution in [0.4, 0.5) is 18.9 Å². The molecule has 0 saturated carbocycles. The molecule has 1 aromatic carbocycles. The van der Waals surface area contributed by atoms with E-state index >= 15 is 0 Å². The van der Waals surface area contributed by atoms with Gasteiger partial charge in [0, 0.05) is 48.3 Å². The number of alkyl halides is 2. The van der Waals surface area contributed by atoms with Gasteiger partial charge in [-0.15, -0.1) is 0 Å². The molecule has 0 aliphatic carbocycles. The molecule has 9 nitrogen and oxygen atoms in total. The zero-order valence-corrected chi connectivity index (χ0v) is 23.2. The highest BCUT2D eigenvalue weighted by molar-refractivity contribution is 7.20. The number of carbonyl (C=O) groups is 1. The Kier molecular flexibility index (Phi) is 8.43. The molecule has 1 amide bonds. The number of hydrogen-bond donors (Lipinski definition) is 1. The van der Waals surface area contributed by atoms with Gasteiger partial charge in [0.25, 0.3) is 0 Å². The van der Waals surface area contributed by atoms with Crippen molar-refractivity contribution in [1.29, 1.82) is 0 Å². The number of nitrogens with one attached hydrogen (secondary N) is 1. The van der Waals surface area contributed by atoms with Crippen LogP contribution in [0.25, 0.3) is 11.3 Å². The van der Waals surface area contributed by atoms with Crippen LogP contribution in [0.3, 0.4) is 0 Å². The van der Waals surface area contributed by atoms with Gasteiger partial charge in [-0.2, -0.15) is 13.9 Å². The Morgan fingerprint density at radius 2 is 2.13 bits per heavy atom. The highest BCUT2D eigenvalue weighted by atomic mass is 35.5. The second-order valence-corrected chi connectivity index (χ2v) is 11.0. The van der Waals surface area contributed by atoms with E-state index in [1.54, 1.807) is 29.7 Å². The number of aliphatic imine (C=N–C) groups is 1. The minimum Gasteiger partial charge on any atom is -0.434 e. The lowest BCUT2D eigenvalue weighted by molar-refractivity contribution is -0.118. The van der Waals surface area contributed by atoms with Gasteiger partial charge in [-0.1, -0.05) is 29.9 Å². The molecule has 2 unspecified atom stereocenters. The molecule has 1 N–H and O–H groups in total. The van der Waals surface area contributed by atoms with Crippen molar-refractivity contribution in [3.05, 3.63) is 35.5 Å². The smallest absolute Gasteiger partial charge is 0.387 e. The first-order valence-corrected chi connectivity index (χ1v) is 14.1. The van der Waals surface area contributed by atoms with Gasteiger partial charge < -0.3 is 19.9 Å². The van der Waals surface area contributed by atoms with Crippen molar-refractivity contribution in [3.63, 3.8) is 0 Å². The van der Waals surface area contributed by atoms with Crippen LogP contribution in [-0.2, 0) is 4.79 Å². The predicted octanol–water partition coefficient (Wildman–Crippen LogP) is 5.16. The van der Waals surface area contributed by atoms with Crippen LogP contribution < -0.4 is 15.0 Å². The Balaban J connectivity index is 1.44. The van der Waals surface area contributed by atoms with Gasteiger partial charge in [0.2, 0.25) is 5.91 Å². The average Bonchev–Trinajstić information content (AvgIpc) is 3.54. The van der Waals surface area contributed by atoms with E-state index in [0.29, 0.717) is 26.9 Å². The number of fused-ring (bicyclic) bond motifs is 1. The van der Waals surface area contributed by atoms with E-state index in [1.807, 2.05) is 0 Å². The third-order valence-corrected chi connectivity index (χ3v) is 8.29. The first-order chi connectivity index (χ1) is 18.8. The number of rotatable bonds is 9. The number of halogens is 3. The van der Waals surface area contributed by atoms with Crippen molar-refractivity contribution in [2.75, 3.05) is 36.9 Å². The van der Waals surface area contributed by atoms with Crippen LogP contribution in [-0.4, -0.2) is 78.7 Å². The van der Waals surface area contributed by atoms with Gasteiger partial charge in [0.15, 0.2) is 11.3 Å². The Labute approximate surface area is 234 Å². The van der Waals surface area contributed by atoms with Crippen molar-refractivity contribution in [1.82, 2.24) is 14.9 Å². The molecule has 1 aromatic heterocycles. The lowest BCUT2D eigenvalue weighted by atomic mass is 10.0. The number of carbonyl (C=O) groups excluding carboxylic acids is 1. The zero-order valence-electron chi connectivity index (χ0n) is 21.6. The topological polar surface area (TPSA) is 85.7 Å². The molecule has 208 valence electrons. The number of hydrogen-bond acceptors (Lipinski definition) is 9. The summed E-state index contributed by atoms with van der Waals surface area (Å²) in [6.07, 6.45) is 9.26. The molecule has 39 heavy (non-hydrogen) atoms. The van der Waals surface area contributed by atoms with Crippen molar-refractivity contribution in [2.45, 2.75) is 45.0 Å². The molecule has 1 saturated heterocycles. The lowest BCUT2D eigenvalue weighted by Crippen LogP contribution is -2.43. The number of anilines is 2. The van der Waals surface area contributed by atoms with Gasteiger partial charge in [0.05, 0.1) is 0 Å². The molecule has 1 fully saturated rings. The quantitative estimate of drug-likeness (QED) is 0.443. The Morgan fingerprint density at radius 3 is 2.87 bits per heavy atom. The fraction of sp³-hybridized carbons (Fsp3) is 0.462. The van der Waals surface area contributed by atoms with E-state index in [1.165, 1.54) is 29.5 Å². The molecular weight excluding hydrogens is 548 g/mol. The summed E-state index contributed by atoms with van der Waals surface area (Å²) in [6, 6.07) is 4.88. The Bertz CT molecular complexity index is 1280. The van der Waals surface area contributed by atoms with Crippen LogP contribution in [0.15, 0.2) is 40.6 Å². The van der Waals surface area contributed by atoms with E-state index < -0.39 is 18.7 Å². The predicted molar refractivity (Wildman–Crippen MR) is 151 cm³/mol. The molecule has 0 bridgehead atoms. The van der Waals surface area contributed by atoms with E-state index in [0.717, 1.165) is 38.9 Å². The minimum atomic E-state index is -3.03. The third kappa shape index (κ3) is 6.07. The first-order valence-electron chi connectivity index (χ1n) is 12.9. The van der Waals surface area contributed by atoms with E-state index in [4.69, 9.17) is 21.3 Å². The monoisotopic (exact) mass is 577 g/mol. The molecule has 5 rings (SSSR count). The molecule has 2 atom stereocenters. The zero-order chi connectivity index (χ0) is 27.5. The van der Waals surface area contributed by atoms with Crippen LogP contribution in [0, 0.1) is 5.92 Å². The van der Waals surface area contributed by atoms with Gasteiger partial charge in [-0.25, -0.2) is 9.99 Å². The fourth-order valence-corrected chi connectivity index (χ4v) is 6.25. The van der Waals surface area contributed by atoms with Gasteiger partial charge in [0.1, 0.15) is 22.4 Å². The number of piperidine rings is 1. The number of allylic oxidation sites excluding steroid dienone is 1. The number of ether oxygens (including phenoxy) is 1. The lowest BCUT2D eigenvalue weighted by Gasteiger charge is -2.36. The Hall–Kier alpha value is -3.09. The largest absolute Gasteiger partial charge is 0.434 e. The molecule has 0 spiro atoms. The van der Waals surface area contributed by atoms with Crippen molar-refractivity contribution in [3.8, 4) is 17.0 Å². The third-order valence-electron chi connectivity index (χ3n) is 7.02. The maximum absolute atomic E-state index is 13.4. The molecule has 2 aromatic rings. The number of nitrogens with zero attached hydrogens (tertiary/aromatic N) is 6. The number of hydrazone groups is 1. The summed E-state index contributed by atoms with van der Waals surface area (Å²) >= 11 is 7.56. The molecule has 13 heteroatoms. The van der Waals surface area contributed by atoms with Gasteiger partial charge in [-0.3, -0.25) is 9.79 Å². The SMILES string of the molecule is CCCN(C)C1CCN(c2nc(-c3cc(Cl)ccc3OC(F)F)c(NC(=O)C3C=NN4C=CC=NC34)s2)CC1. The van der Waals surface area contributed by atoms with Gasteiger partial charge in [-0.05, 0) is 57.1 Å². The van der Waals surface area contributed by atoms with Gasteiger partial charge >= 0.3 is 6.61 Å². The average molecular weight is 578 g/mol. The molecule has 3 aliphatic heterocycles. The van der Waals surface area contributed by atoms with Crippen LogP contribution >= 0.6 is 22.9 Å². The first kappa shape index (κ1) is 27.5. The number of amides is 1. The number of thiazole rings is 1. The van der Waals surface area contributed by atoms with Crippen LogP contribution in [0.1, 0.15) is 26.2 Å². The second-order valence-electron chi connectivity index (χ2n) is 9.60. The summed E-state index contributed by atoms with van der Waals surface area (Å²) in [4.78, 5) is 27.2. The summed E-state index contributed by atoms with van der Waals surface area (Å²) < 4.78 is 31.3. The van der Waals surface area contributed by atoms with E-state index in [2.05, 4.69) is 39.2 Å². The normalized spacial score (nSPS) is 20.8. The second kappa shape index (κ2) is 12.0. The molecule has 0 radical (unpaired) electrons. The maximum atomic E-state index is 13.4. The van der Waals surface area contributed by atoms with E-state index in [-0.39, 0.29) is 17.2 Å². The van der Waals surface area contributed by atoms with Crippen molar-refractivity contribution >= 4 is 51.4 Å². The maximum Gasteiger partial charge on any atom is 0.387 e. The number of benzene rings is 1. The fourth-order valence-electron chi connectivity index (χ4n) is 5.04. The highest BCUT2D eigenvalue weighted by Crippen LogP contribution is 2.43. The summed E-state index contributed by atoms with van der Waals surface area (Å²) in [7, 11) is 2.16. The summed E-state index contributed by atoms with van der Waals surface area (Å²) in [5, 5.41) is 10.3. The summed E-state index contributed by atoms with van der Waals surface area (Å²) in [5.41, 5.74) is 0.601. The van der Waals surface area contributed by atoms with Crippen molar-refractivity contribution < 1.29 is 18.3 Å². The van der Waals surface area contributed by atoms with Crippen molar-refractivity contribution in [2.24, 2.45) is 16.0 Å². The summed E-state index contributed by atoms with van der Waals surface area (Å²) in [5.74, 6) is -1.03. The minimum absolute atomic E-state index is 0.0720. The Morgan fingerprint density at radius 1 is 1.33 bits per heavy atom. The standard InChI is InChI=1S/C26H30ClF2N7O2S/c1-3-10-34(2)17-7-12-35(13-8-17)26-32-21(18-14-16(27)5-6-20(18)38-25(28)29)24(39-26)33-23(37)19-15-31-36-11-4-9-30-22(19)36/h4-6,9,11,14-15,17,19,22,25H,3,7-8,10,12-13H2,1-2H3,(H,33,37). The highest BCUT2D eigenvalue weighted by Gasteiger charge is 2.36. The number of aromatic nitrogens is 1. The molecule has 3 aliphatic rings. The van der Waals surface area contributed by atoms with Crippen LogP contribution in [0.2, 0.25) is 5.02 Å². The molecular formula is C26H30ClF2N7O2S.